The summed E-state index contributed by atoms with van der Waals surface area (Å²) < 4.78 is 5.66. The number of hydrogen-bond donors (Lipinski definition) is 1. The van der Waals surface area contributed by atoms with Gasteiger partial charge in [0.2, 0.25) is 0 Å². The van der Waals surface area contributed by atoms with Gasteiger partial charge in [-0.05, 0) is 41.3 Å². The van der Waals surface area contributed by atoms with Gasteiger partial charge in [0, 0.05) is 19.1 Å². The summed E-state index contributed by atoms with van der Waals surface area (Å²) in [7, 11) is 0. The lowest BCUT2D eigenvalue weighted by molar-refractivity contribution is 0.00147. The van der Waals surface area contributed by atoms with Crippen molar-refractivity contribution in [2.75, 3.05) is 13.2 Å². The van der Waals surface area contributed by atoms with Crippen LogP contribution in [-0.2, 0) is 17.9 Å². The number of hydrogen-bond acceptors (Lipinski definition) is 4. The Balaban J connectivity index is 1.78. The number of nitrogens with zero attached hydrogens (tertiary/aromatic N) is 1. The van der Waals surface area contributed by atoms with Crippen LogP contribution in [0.25, 0.3) is 0 Å². The van der Waals surface area contributed by atoms with Crippen LogP contribution < -0.4 is 0 Å². The first kappa shape index (κ1) is 18.1. The van der Waals surface area contributed by atoms with Gasteiger partial charge >= 0.3 is 0 Å². The van der Waals surface area contributed by atoms with E-state index in [-0.39, 0.29) is 0 Å². The lowest BCUT2D eigenvalue weighted by Crippen LogP contribution is -2.39. The van der Waals surface area contributed by atoms with Crippen LogP contribution in [0.1, 0.15) is 31.4 Å². The lowest BCUT2D eigenvalue weighted by atomic mass is 10.1. The highest BCUT2D eigenvalue weighted by Crippen LogP contribution is 2.14. The van der Waals surface area contributed by atoms with Gasteiger partial charge in [-0.2, -0.15) is 11.3 Å². The Kier molecular flexibility index (Phi) is 7.76. The van der Waals surface area contributed by atoms with E-state index in [1.54, 1.807) is 11.3 Å². The summed E-state index contributed by atoms with van der Waals surface area (Å²) in [5, 5.41) is 14.6. The molecule has 0 amide bonds. The maximum atomic E-state index is 10.3. The first-order valence-electron chi connectivity index (χ1n) is 8.24. The van der Waals surface area contributed by atoms with Crippen molar-refractivity contribution in [2.45, 2.75) is 45.6 Å². The third-order valence-corrected chi connectivity index (χ3v) is 4.78. The normalized spacial score (nSPS) is 14.1. The van der Waals surface area contributed by atoms with Crippen molar-refractivity contribution in [2.24, 2.45) is 0 Å². The van der Waals surface area contributed by atoms with Gasteiger partial charge < -0.3 is 9.84 Å². The standard InChI is InChI=1S/C19H27NO2S/c1-3-16(2)20(11-18-9-10-23-15-18)12-19(21)14-22-13-17-7-5-4-6-8-17/h4-10,15-16,19,21H,3,11-14H2,1-2H3. The van der Waals surface area contributed by atoms with Gasteiger partial charge in [0.05, 0.1) is 19.3 Å². The van der Waals surface area contributed by atoms with Gasteiger partial charge in [0.1, 0.15) is 0 Å². The number of ether oxygens (including phenoxy) is 1. The number of thiophene rings is 1. The smallest absolute Gasteiger partial charge is 0.0900 e. The zero-order valence-electron chi connectivity index (χ0n) is 14.0. The highest BCUT2D eigenvalue weighted by Gasteiger charge is 2.17. The lowest BCUT2D eigenvalue weighted by Gasteiger charge is -2.30. The van der Waals surface area contributed by atoms with Crippen LogP contribution in [0.4, 0.5) is 0 Å². The Hall–Kier alpha value is -1.20. The monoisotopic (exact) mass is 333 g/mol. The van der Waals surface area contributed by atoms with Crippen LogP contribution >= 0.6 is 11.3 Å². The van der Waals surface area contributed by atoms with Crippen molar-refractivity contribution in [3.8, 4) is 0 Å². The molecular weight excluding hydrogens is 306 g/mol. The molecule has 4 heteroatoms. The van der Waals surface area contributed by atoms with E-state index in [2.05, 4.69) is 35.6 Å². The molecule has 23 heavy (non-hydrogen) atoms. The van der Waals surface area contributed by atoms with Gasteiger partial charge in [0.25, 0.3) is 0 Å². The van der Waals surface area contributed by atoms with E-state index in [1.165, 1.54) is 5.56 Å². The van der Waals surface area contributed by atoms with Crippen LogP contribution in [0.2, 0.25) is 0 Å². The number of benzene rings is 1. The van der Waals surface area contributed by atoms with Crippen molar-refractivity contribution in [1.82, 2.24) is 4.90 Å². The highest BCUT2D eigenvalue weighted by molar-refractivity contribution is 7.07. The quantitative estimate of drug-likeness (QED) is 0.715. The number of rotatable bonds is 10. The van der Waals surface area contributed by atoms with Gasteiger partial charge in [-0.15, -0.1) is 0 Å². The second-order valence-corrected chi connectivity index (χ2v) is 6.75. The summed E-state index contributed by atoms with van der Waals surface area (Å²) in [6.07, 6.45) is 0.605. The largest absolute Gasteiger partial charge is 0.389 e. The third-order valence-electron chi connectivity index (χ3n) is 4.05. The topological polar surface area (TPSA) is 32.7 Å². The molecule has 1 aromatic carbocycles. The summed E-state index contributed by atoms with van der Waals surface area (Å²) in [5.41, 5.74) is 2.45. The van der Waals surface area contributed by atoms with Gasteiger partial charge in [-0.3, -0.25) is 4.90 Å². The number of aliphatic hydroxyl groups excluding tert-OH is 1. The highest BCUT2D eigenvalue weighted by atomic mass is 32.1. The molecule has 0 aliphatic rings. The van der Waals surface area contributed by atoms with E-state index in [1.807, 2.05) is 30.3 Å². The molecule has 0 saturated carbocycles. The fraction of sp³-hybridized carbons (Fsp3) is 0.474. The molecule has 0 spiro atoms. The minimum atomic E-state index is -0.466. The molecule has 2 rings (SSSR count). The molecule has 2 aromatic rings. The summed E-state index contributed by atoms with van der Waals surface area (Å²) in [5.74, 6) is 0. The molecule has 0 bridgehead atoms. The van der Waals surface area contributed by atoms with Gasteiger partial charge in [0.15, 0.2) is 0 Å². The molecule has 0 aliphatic carbocycles. The second-order valence-electron chi connectivity index (χ2n) is 5.97. The summed E-state index contributed by atoms with van der Waals surface area (Å²) in [4.78, 5) is 2.33. The van der Waals surface area contributed by atoms with Crippen LogP contribution in [0.15, 0.2) is 47.2 Å². The maximum absolute atomic E-state index is 10.3. The zero-order chi connectivity index (χ0) is 16.5. The first-order chi connectivity index (χ1) is 11.2. The van der Waals surface area contributed by atoms with Crippen molar-refractivity contribution in [3.63, 3.8) is 0 Å². The summed E-state index contributed by atoms with van der Waals surface area (Å²) >= 11 is 1.72. The average molecular weight is 333 g/mol. The summed E-state index contributed by atoms with van der Waals surface area (Å²) in [6, 6.07) is 12.7. The van der Waals surface area contributed by atoms with E-state index in [4.69, 9.17) is 4.74 Å². The van der Waals surface area contributed by atoms with Crippen LogP contribution in [0.5, 0.6) is 0 Å². The van der Waals surface area contributed by atoms with E-state index in [0.717, 1.165) is 18.5 Å². The van der Waals surface area contributed by atoms with E-state index < -0.39 is 6.10 Å². The van der Waals surface area contributed by atoms with Crippen LogP contribution in [-0.4, -0.2) is 35.3 Å². The Morgan fingerprint density at radius 3 is 2.61 bits per heavy atom. The molecule has 0 saturated heterocycles. The molecular formula is C19H27NO2S. The SMILES string of the molecule is CCC(C)N(Cc1ccsc1)CC(O)COCc1ccccc1. The third kappa shape index (κ3) is 6.43. The molecule has 126 valence electrons. The fourth-order valence-corrected chi connectivity index (χ4v) is 3.15. The Morgan fingerprint density at radius 2 is 1.96 bits per heavy atom. The van der Waals surface area contributed by atoms with Crippen LogP contribution in [0, 0.1) is 0 Å². The first-order valence-corrected chi connectivity index (χ1v) is 9.18. The molecule has 1 aromatic heterocycles. The number of aliphatic hydroxyl groups is 1. The Morgan fingerprint density at radius 1 is 1.17 bits per heavy atom. The molecule has 0 radical (unpaired) electrons. The summed E-state index contributed by atoms with van der Waals surface area (Å²) in [6.45, 7) is 6.83. The van der Waals surface area contributed by atoms with Gasteiger partial charge in [-0.1, -0.05) is 37.3 Å². The average Bonchev–Trinajstić information content (AvgIpc) is 3.07. The molecule has 2 atom stereocenters. The van der Waals surface area contributed by atoms with E-state index >= 15 is 0 Å². The minimum absolute atomic E-state index is 0.367. The Labute approximate surface area is 143 Å². The zero-order valence-corrected chi connectivity index (χ0v) is 14.8. The van der Waals surface area contributed by atoms with Crippen molar-refractivity contribution >= 4 is 11.3 Å². The Bertz CT molecular complexity index is 530. The van der Waals surface area contributed by atoms with Crippen molar-refractivity contribution in [1.29, 1.82) is 0 Å². The molecule has 1 N–H and O–H groups in total. The maximum Gasteiger partial charge on any atom is 0.0900 e. The van der Waals surface area contributed by atoms with E-state index in [0.29, 0.717) is 25.8 Å². The van der Waals surface area contributed by atoms with Crippen LogP contribution in [0.3, 0.4) is 0 Å². The van der Waals surface area contributed by atoms with Crippen molar-refractivity contribution in [3.05, 3.63) is 58.3 Å². The second kappa shape index (κ2) is 9.83. The molecule has 1 heterocycles. The van der Waals surface area contributed by atoms with Crippen molar-refractivity contribution < 1.29 is 9.84 Å². The molecule has 3 nitrogen and oxygen atoms in total. The van der Waals surface area contributed by atoms with Gasteiger partial charge in [-0.25, -0.2) is 0 Å². The predicted molar refractivity (Wildman–Crippen MR) is 96.6 cm³/mol. The molecule has 0 aliphatic heterocycles. The minimum Gasteiger partial charge on any atom is -0.389 e. The fourth-order valence-electron chi connectivity index (χ4n) is 2.49. The van der Waals surface area contributed by atoms with E-state index in [9.17, 15) is 5.11 Å². The molecule has 2 unspecified atom stereocenters. The molecule has 0 fully saturated rings. The predicted octanol–water partition coefficient (Wildman–Crippen LogP) is 3.93.